The van der Waals surface area contributed by atoms with Crippen molar-refractivity contribution in [2.75, 3.05) is 18.4 Å². The summed E-state index contributed by atoms with van der Waals surface area (Å²) in [6.07, 6.45) is -3.89. The molecule has 0 unspecified atom stereocenters. The fraction of sp³-hybridized carbons (Fsp3) is 0.333. The number of aliphatic carboxylic acids is 1. The molecule has 0 atom stereocenters. The van der Waals surface area contributed by atoms with Crippen molar-refractivity contribution >= 4 is 32.8 Å². The van der Waals surface area contributed by atoms with Crippen LogP contribution >= 0.6 is 11.3 Å². The van der Waals surface area contributed by atoms with Gasteiger partial charge in [0, 0.05) is 18.5 Å². The maximum absolute atomic E-state index is 14.9. The van der Waals surface area contributed by atoms with Crippen molar-refractivity contribution in [3.05, 3.63) is 75.2 Å². The molecule has 1 saturated heterocycles. The van der Waals surface area contributed by atoms with Crippen molar-refractivity contribution in [1.82, 2.24) is 9.88 Å². The molecular weight excluding hydrogens is 553 g/mol. The minimum atomic E-state index is -5.08. The Morgan fingerprint density at radius 2 is 1.79 bits per heavy atom. The van der Waals surface area contributed by atoms with Gasteiger partial charge in [0.2, 0.25) is 0 Å². The maximum Gasteiger partial charge on any atom is 0.490 e. The van der Waals surface area contributed by atoms with E-state index in [1.807, 2.05) is 24.3 Å². The second-order valence-electron chi connectivity index (χ2n) is 8.49. The van der Waals surface area contributed by atoms with Gasteiger partial charge in [-0.05, 0) is 49.2 Å². The van der Waals surface area contributed by atoms with Gasteiger partial charge in [-0.15, -0.1) is 11.3 Å². The van der Waals surface area contributed by atoms with E-state index < -0.39 is 44.3 Å². The van der Waals surface area contributed by atoms with Gasteiger partial charge in [0.1, 0.15) is 4.90 Å². The number of likely N-dealkylation sites (tertiary alicyclic amines) is 1. The molecule has 2 heterocycles. The molecule has 1 fully saturated rings. The van der Waals surface area contributed by atoms with Gasteiger partial charge >= 0.3 is 12.1 Å². The number of alkyl halides is 3. The third kappa shape index (κ3) is 7.48. The molecule has 0 radical (unpaired) electrons. The molecule has 3 aromatic rings. The summed E-state index contributed by atoms with van der Waals surface area (Å²) in [5, 5.41) is 11.6. The average Bonchev–Trinajstić information content (AvgIpc) is 3.30. The van der Waals surface area contributed by atoms with E-state index in [4.69, 9.17) is 9.90 Å². The van der Waals surface area contributed by atoms with Gasteiger partial charge in [0.15, 0.2) is 21.5 Å². The number of sulfone groups is 1. The Morgan fingerprint density at radius 1 is 1.16 bits per heavy atom. The van der Waals surface area contributed by atoms with E-state index >= 15 is 0 Å². The molecule has 0 bridgehead atoms. The summed E-state index contributed by atoms with van der Waals surface area (Å²) >= 11 is 1.25. The molecule has 2 N–H and O–H groups in total. The molecule has 2 aromatic carbocycles. The second-order valence-corrected chi connectivity index (χ2v) is 11.1. The lowest BCUT2D eigenvalue weighted by molar-refractivity contribution is -0.192. The van der Waals surface area contributed by atoms with Crippen LogP contribution in [0.2, 0.25) is 0 Å². The number of halogens is 5. The molecule has 1 aliphatic heterocycles. The van der Waals surface area contributed by atoms with Crippen LogP contribution in [-0.4, -0.2) is 48.6 Å². The summed E-state index contributed by atoms with van der Waals surface area (Å²) in [5.74, 6) is -5.77. The van der Waals surface area contributed by atoms with E-state index in [-0.39, 0.29) is 11.3 Å². The lowest BCUT2D eigenvalue weighted by Crippen LogP contribution is -2.36. The normalized spacial score (nSPS) is 13.8. The van der Waals surface area contributed by atoms with Crippen molar-refractivity contribution < 1.29 is 40.3 Å². The van der Waals surface area contributed by atoms with Crippen LogP contribution in [0.4, 0.5) is 27.6 Å². The zero-order chi connectivity index (χ0) is 28.1. The standard InChI is InChI=1S/C22H23F2N3O2S2.C2HF3O2/c1-15-9-19(25-10-16-5-2-3-6-17(16)11-27-7-4-8-27)20(23)21(24)22(15)31(28,29)13-18-12-30-14-26-18;3-2(4,5)1(6)7/h2-3,5-6,9,12,14,25H,4,7-8,10-11,13H2,1H3;(H,6,7). The highest BCUT2D eigenvalue weighted by molar-refractivity contribution is 7.90. The first-order valence-electron chi connectivity index (χ1n) is 11.2. The quantitative estimate of drug-likeness (QED) is 0.357. The number of nitrogens with zero attached hydrogens (tertiary/aromatic N) is 2. The highest BCUT2D eigenvalue weighted by Crippen LogP contribution is 2.30. The molecule has 0 spiro atoms. The predicted molar refractivity (Wildman–Crippen MR) is 131 cm³/mol. The van der Waals surface area contributed by atoms with Gasteiger partial charge in [0.05, 0.1) is 22.6 Å². The second kappa shape index (κ2) is 12.2. The van der Waals surface area contributed by atoms with Crippen LogP contribution in [0, 0.1) is 18.6 Å². The van der Waals surface area contributed by atoms with E-state index in [2.05, 4.69) is 15.2 Å². The van der Waals surface area contributed by atoms with E-state index in [0.29, 0.717) is 12.2 Å². The fourth-order valence-electron chi connectivity index (χ4n) is 3.68. The van der Waals surface area contributed by atoms with Gasteiger partial charge in [-0.25, -0.2) is 27.0 Å². The van der Waals surface area contributed by atoms with Crippen LogP contribution in [0.25, 0.3) is 0 Å². The Balaban J connectivity index is 0.000000505. The van der Waals surface area contributed by atoms with Gasteiger partial charge in [-0.1, -0.05) is 24.3 Å². The number of rotatable bonds is 8. The van der Waals surface area contributed by atoms with Crippen molar-refractivity contribution in [2.45, 2.75) is 43.3 Å². The number of hydrogen-bond donors (Lipinski definition) is 2. The van der Waals surface area contributed by atoms with Crippen molar-refractivity contribution in [3.63, 3.8) is 0 Å². The molecule has 14 heteroatoms. The first-order chi connectivity index (χ1) is 17.8. The van der Waals surface area contributed by atoms with Crippen molar-refractivity contribution in [3.8, 4) is 0 Å². The van der Waals surface area contributed by atoms with Crippen LogP contribution in [0.3, 0.4) is 0 Å². The molecule has 0 aliphatic carbocycles. The summed E-state index contributed by atoms with van der Waals surface area (Å²) in [7, 11) is -4.07. The molecule has 4 rings (SSSR count). The van der Waals surface area contributed by atoms with Gasteiger partial charge in [0.25, 0.3) is 0 Å². The number of aryl methyl sites for hydroxylation is 1. The fourth-order valence-corrected chi connectivity index (χ4v) is 5.95. The number of thiazole rings is 1. The van der Waals surface area contributed by atoms with Crippen LogP contribution in [0.5, 0.6) is 0 Å². The molecule has 38 heavy (non-hydrogen) atoms. The third-order valence-electron chi connectivity index (χ3n) is 5.65. The zero-order valence-corrected chi connectivity index (χ0v) is 21.7. The van der Waals surface area contributed by atoms with E-state index in [1.54, 1.807) is 5.38 Å². The van der Waals surface area contributed by atoms with E-state index in [0.717, 1.165) is 30.8 Å². The number of hydrogen-bond acceptors (Lipinski definition) is 7. The number of aromatic nitrogens is 1. The minimum Gasteiger partial charge on any atom is -0.475 e. The Morgan fingerprint density at radius 3 is 2.32 bits per heavy atom. The van der Waals surface area contributed by atoms with E-state index in [9.17, 15) is 30.4 Å². The van der Waals surface area contributed by atoms with Crippen LogP contribution in [0.15, 0.2) is 46.1 Å². The Hall–Kier alpha value is -3.10. The number of carboxylic acids is 1. The first kappa shape index (κ1) is 29.5. The monoisotopic (exact) mass is 577 g/mol. The summed E-state index contributed by atoms with van der Waals surface area (Å²) in [6, 6.07) is 9.21. The first-order valence-corrected chi connectivity index (χ1v) is 13.8. The van der Waals surface area contributed by atoms with Gasteiger partial charge in [-0.3, -0.25) is 4.90 Å². The van der Waals surface area contributed by atoms with Crippen LogP contribution < -0.4 is 5.32 Å². The zero-order valence-electron chi connectivity index (χ0n) is 20.1. The molecule has 1 aromatic heterocycles. The maximum atomic E-state index is 14.9. The third-order valence-corrected chi connectivity index (χ3v) is 8.09. The SMILES string of the molecule is Cc1cc(NCc2ccccc2CN2CCC2)c(F)c(F)c1S(=O)(=O)Cc1cscn1.O=C(O)C(F)(F)F. The van der Waals surface area contributed by atoms with Crippen molar-refractivity contribution in [1.29, 1.82) is 0 Å². The van der Waals surface area contributed by atoms with E-state index in [1.165, 1.54) is 36.3 Å². The summed E-state index contributed by atoms with van der Waals surface area (Å²) in [4.78, 5) is 14.5. The molecular formula is C24H24F5N3O4S2. The number of anilines is 1. The summed E-state index contributed by atoms with van der Waals surface area (Å²) < 4.78 is 86.8. The highest BCUT2D eigenvalue weighted by atomic mass is 32.2. The average molecular weight is 578 g/mol. The van der Waals surface area contributed by atoms with Crippen molar-refractivity contribution in [2.24, 2.45) is 0 Å². The Kier molecular flexibility index (Phi) is 9.44. The van der Waals surface area contributed by atoms with Gasteiger partial charge < -0.3 is 10.4 Å². The number of carboxylic acid groups (broad SMARTS) is 1. The lowest BCUT2D eigenvalue weighted by Gasteiger charge is -2.31. The van der Waals surface area contributed by atoms with Crippen LogP contribution in [0.1, 0.15) is 28.8 Å². The summed E-state index contributed by atoms with van der Waals surface area (Å²) in [5.41, 5.74) is 4.04. The number of carbonyl (C=O) groups is 1. The minimum absolute atomic E-state index is 0.0543. The molecule has 7 nitrogen and oxygen atoms in total. The Bertz CT molecular complexity index is 1380. The number of nitrogens with one attached hydrogen (secondary N) is 1. The molecule has 206 valence electrons. The molecule has 0 saturated carbocycles. The highest BCUT2D eigenvalue weighted by Gasteiger charge is 2.38. The van der Waals surface area contributed by atoms with Gasteiger partial charge in [-0.2, -0.15) is 13.2 Å². The predicted octanol–water partition coefficient (Wildman–Crippen LogP) is 5.15. The topological polar surface area (TPSA) is 99.6 Å². The molecule has 0 amide bonds. The lowest BCUT2D eigenvalue weighted by atomic mass is 10.0. The molecule has 1 aliphatic rings. The number of benzene rings is 2. The van der Waals surface area contributed by atoms with Crippen LogP contribution in [-0.2, 0) is 33.5 Å². The Labute approximate surface area is 219 Å². The largest absolute Gasteiger partial charge is 0.490 e. The summed E-state index contributed by atoms with van der Waals surface area (Å²) in [6.45, 7) is 4.74. The smallest absolute Gasteiger partial charge is 0.475 e.